The molecule has 0 bridgehead atoms. The van der Waals surface area contributed by atoms with E-state index in [0.29, 0.717) is 0 Å². The van der Waals surface area contributed by atoms with Crippen molar-refractivity contribution in [2.45, 2.75) is 89.1 Å². The van der Waals surface area contributed by atoms with Crippen molar-refractivity contribution in [2.75, 3.05) is 36.2 Å². The summed E-state index contributed by atoms with van der Waals surface area (Å²) in [4.78, 5) is 4.58. The second-order valence-corrected chi connectivity index (χ2v) is 14.4. The molecule has 0 amide bonds. The molecule has 0 aliphatic carbocycles. The molecule has 42 heavy (non-hydrogen) atoms. The van der Waals surface area contributed by atoms with E-state index in [1.54, 1.807) is 0 Å². The second-order valence-electron chi connectivity index (χ2n) is 14.4. The standard InChI is InChI=1S/C36H44N2O4/c1-31(2,27-13-17-29(18-14-27)37(33(5)21-39-33)34(6)22-40-34)25-9-11-26(12-10-25)32(3,4)28-15-19-30(20-16-28)38(35(7)23-41-35)36(8)24-42-36/h9-20H,21-24H2,1-8H3. The molecule has 0 spiro atoms. The molecule has 6 nitrogen and oxygen atoms in total. The van der Waals surface area contributed by atoms with E-state index in [4.69, 9.17) is 18.9 Å². The van der Waals surface area contributed by atoms with Gasteiger partial charge in [-0.3, -0.25) is 0 Å². The van der Waals surface area contributed by atoms with Crippen molar-refractivity contribution in [3.05, 3.63) is 95.1 Å². The van der Waals surface area contributed by atoms with Crippen molar-refractivity contribution >= 4 is 11.4 Å². The van der Waals surface area contributed by atoms with Crippen LogP contribution in [0.1, 0.15) is 77.6 Å². The van der Waals surface area contributed by atoms with E-state index in [9.17, 15) is 0 Å². The maximum atomic E-state index is 5.80. The van der Waals surface area contributed by atoms with Crippen LogP contribution in [0, 0.1) is 0 Å². The van der Waals surface area contributed by atoms with E-state index in [1.807, 2.05) is 0 Å². The van der Waals surface area contributed by atoms with Gasteiger partial charge in [0, 0.05) is 22.2 Å². The van der Waals surface area contributed by atoms with Gasteiger partial charge in [-0.1, -0.05) is 76.2 Å². The molecule has 4 heterocycles. The number of epoxide rings is 4. The zero-order valence-corrected chi connectivity index (χ0v) is 26.3. The molecular weight excluding hydrogens is 524 g/mol. The van der Waals surface area contributed by atoms with Crippen molar-refractivity contribution in [1.29, 1.82) is 0 Å². The number of rotatable bonds is 10. The smallest absolute Gasteiger partial charge is 0.164 e. The van der Waals surface area contributed by atoms with Crippen molar-refractivity contribution in [3.8, 4) is 0 Å². The van der Waals surface area contributed by atoms with E-state index >= 15 is 0 Å². The lowest BCUT2D eigenvalue weighted by atomic mass is 9.74. The Morgan fingerprint density at radius 3 is 0.810 bits per heavy atom. The average Bonchev–Trinajstić information content (AvgIpc) is 3.79. The van der Waals surface area contributed by atoms with E-state index in [0.717, 1.165) is 37.8 Å². The third-order valence-electron chi connectivity index (χ3n) is 10.2. The molecule has 4 aliphatic rings. The number of hydrogen-bond acceptors (Lipinski definition) is 6. The molecule has 0 N–H and O–H groups in total. The van der Waals surface area contributed by atoms with Gasteiger partial charge in [0.1, 0.15) is 0 Å². The molecule has 3 aromatic carbocycles. The van der Waals surface area contributed by atoms with Crippen LogP contribution >= 0.6 is 0 Å². The first-order chi connectivity index (χ1) is 19.7. The Hall–Kier alpha value is -2.90. The lowest BCUT2D eigenvalue weighted by Crippen LogP contribution is -2.46. The first-order valence-electron chi connectivity index (χ1n) is 15.2. The predicted molar refractivity (Wildman–Crippen MR) is 166 cm³/mol. The Morgan fingerprint density at radius 2 is 0.619 bits per heavy atom. The quantitative estimate of drug-likeness (QED) is 0.247. The minimum absolute atomic E-state index is 0.140. The predicted octanol–water partition coefficient (Wildman–Crippen LogP) is 6.94. The lowest BCUT2D eigenvalue weighted by Gasteiger charge is -2.34. The van der Waals surface area contributed by atoms with E-state index < -0.39 is 0 Å². The van der Waals surface area contributed by atoms with Gasteiger partial charge in [0.2, 0.25) is 0 Å². The molecule has 4 unspecified atom stereocenters. The highest BCUT2D eigenvalue weighted by atomic mass is 16.7. The molecule has 222 valence electrons. The van der Waals surface area contributed by atoms with Crippen LogP contribution in [0.4, 0.5) is 11.4 Å². The molecule has 4 fully saturated rings. The zero-order valence-electron chi connectivity index (χ0n) is 26.3. The summed E-state index contributed by atoms with van der Waals surface area (Å²) in [6, 6.07) is 27.0. The number of ether oxygens (including phenoxy) is 4. The first-order valence-corrected chi connectivity index (χ1v) is 15.2. The third-order valence-corrected chi connectivity index (χ3v) is 10.2. The van der Waals surface area contributed by atoms with Gasteiger partial charge in [-0.05, 0) is 74.2 Å². The third kappa shape index (κ3) is 4.55. The maximum Gasteiger partial charge on any atom is 0.164 e. The van der Waals surface area contributed by atoms with Gasteiger partial charge >= 0.3 is 0 Å². The molecule has 3 aromatic rings. The van der Waals surface area contributed by atoms with Crippen LogP contribution < -0.4 is 9.80 Å². The molecule has 0 aromatic heterocycles. The summed E-state index contributed by atoms with van der Waals surface area (Å²) in [6.07, 6.45) is 0. The highest BCUT2D eigenvalue weighted by molar-refractivity contribution is 5.57. The van der Waals surface area contributed by atoms with E-state index in [2.05, 4.69) is 138 Å². The maximum absolute atomic E-state index is 5.80. The van der Waals surface area contributed by atoms with Crippen molar-refractivity contribution < 1.29 is 18.9 Å². The number of nitrogens with zero attached hydrogens (tertiary/aromatic N) is 2. The summed E-state index contributed by atoms with van der Waals surface area (Å²) in [5.41, 5.74) is 6.03. The van der Waals surface area contributed by atoms with Gasteiger partial charge in [-0.25, -0.2) is 0 Å². The summed E-state index contributed by atoms with van der Waals surface area (Å²) in [5.74, 6) is 0. The summed E-state index contributed by atoms with van der Waals surface area (Å²) >= 11 is 0. The Bertz CT molecular complexity index is 1330. The van der Waals surface area contributed by atoms with Crippen molar-refractivity contribution in [1.82, 2.24) is 0 Å². The van der Waals surface area contributed by atoms with Crippen molar-refractivity contribution in [3.63, 3.8) is 0 Å². The van der Waals surface area contributed by atoms with Gasteiger partial charge in [0.05, 0.1) is 26.4 Å². The molecule has 4 aliphatic heterocycles. The largest absolute Gasteiger partial charge is 0.348 e. The molecule has 0 saturated carbocycles. The van der Waals surface area contributed by atoms with Gasteiger partial charge < -0.3 is 28.7 Å². The fraction of sp³-hybridized carbons (Fsp3) is 0.500. The fourth-order valence-electron chi connectivity index (χ4n) is 6.72. The lowest BCUT2D eigenvalue weighted by molar-refractivity contribution is 0.230. The molecule has 7 rings (SSSR count). The van der Waals surface area contributed by atoms with E-state index in [-0.39, 0.29) is 33.7 Å². The summed E-state index contributed by atoms with van der Waals surface area (Å²) < 4.78 is 23.2. The van der Waals surface area contributed by atoms with Crippen LogP contribution in [0.25, 0.3) is 0 Å². The number of hydrogen-bond donors (Lipinski definition) is 0. The van der Waals surface area contributed by atoms with E-state index in [1.165, 1.54) is 22.3 Å². The molecule has 6 heteroatoms. The first kappa shape index (κ1) is 27.9. The Morgan fingerprint density at radius 1 is 0.429 bits per heavy atom. The van der Waals surface area contributed by atoms with Crippen LogP contribution in [-0.2, 0) is 29.8 Å². The highest BCUT2D eigenvalue weighted by Gasteiger charge is 2.60. The molecule has 4 saturated heterocycles. The van der Waals surface area contributed by atoms with Crippen LogP contribution in [0.2, 0.25) is 0 Å². The summed E-state index contributed by atoms with van der Waals surface area (Å²) in [5, 5.41) is 0. The van der Waals surface area contributed by atoms with Gasteiger partial charge in [0.15, 0.2) is 22.9 Å². The molecule has 4 atom stereocenters. The average molecular weight is 569 g/mol. The van der Waals surface area contributed by atoms with Crippen LogP contribution in [0.5, 0.6) is 0 Å². The SMILES string of the molecule is CC(C)(c1ccc(N(C2(C)CO2)C2(C)CO2)cc1)c1ccc(C(C)(C)c2ccc(N(C3(C)CO3)C3(C)CO3)cc2)cc1. The van der Waals surface area contributed by atoms with Gasteiger partial charge in [-0.15, -0.1) is 0 Å². The fourth-order valence-corrected chi connectivity index (χ4v) is 6.72. The van der Waals surface area contributed by atoms with Gasteiger partial charge in [-0.2, -0.15) is 0 Å². The number of anilines is 2. The zero-order chi connectivity index (χ0) is 29.8. The van der Waals surface area contributed by atoms with Crippen LogP contribution in [0.15, 0.2) is 72.8 Å². The minimum Gasteiger partial charge on any atom is -0.348 e. The Labute approximate surface area is 250 Å². The summed E-state index contributed by atoms with van der Waals surface area (Å²) in [6.45, 7) is 20.7. The minimum atomic E-state index is -0.280. The molecule has 0 radical (unpaired) electrons. The monoisotopic (exact) mass is 568 g/mol. The second kappa shape index (κ2) is 8.82. The Kier molecular flexibility index (Phi) is 5.86. The Balaban J connectivity index is 1.09. The van der Waals surface area contributed by atoms with Crippen LogP contribution in [0.3, 0.4) is 0 Å². The number of benzene rings is 3. The highest BCUT2D eigenvalue weighted by Crippen LogP contribution is 2.48. The van der Waals surface area contributed by atoms with Crippen molar-refractivity contribution in [2.24, 2.45) is 0 Å². The molecular formula is C36H44N2O4. The van der Waals surface area contributed by atoms with Crippen LogP contribution in [-0.4, -0.2) is 49.3 Å². The summed E-state index contributed by atoms with van der Waals surface area (Å²) in [7, 11) is 0. The normalized spacial score (nSPS) is 31.4. The topological polar surface area (TPSA) is 56.6 Å². The van der Waals surface area contributed by atoms with Gasteiger partial charge in [0.25, 0.3) is 0 Å².